The van der Waals surface area contributed by atoms with E-state index in [4.69, 9.17) is 11.6 Å². The Kier molecular flexibility index (Phi) is 4.86. The molecular formula is C19H17ClN2O3. The molecular weight excluding hydrogens is 340 g/mol. The van der Waals surface area contributed by atoms with E-state index in [2.05, 4.69) is 0 Å². The highest BCUT2D eigenvalue weighted by Gasteiger charge is 2.43. The van der Waals surface area contributed by atoms with Gasteiger partial charge < -0.3 is 4.90 Å². The first-order valence-electron chi connectivity index (χ1n) is 7.91. The van der Waals surface area contributed by atoms with Crippen LogP contribution in [0.15, 0.2) is 54.6 Å². The summed E-state index contributed by atoms with van der Waals surface area (Å²) < 4.78 is 0. The molecule has 0 unspecified atom stereocenters. The third kappa shape index (κ3) is 3.56. The lowest BCUT2D eigenvalue weighted by molar-refractivity contribution is -0.137. The van der Waals surface area contributed by atoms with Crippen LogP contribution in [0.4, 0.5) is 5.69 Å². The van der Waals surface area contributed by atoms with Crippen molar-refractivity contribution in [2.75, 3.05) is 4.90 Å². The van der Waals surface area contributed by atoms with Crippen molar-refractivity contribution >= 4 is 35.0 Å². The minimum atomic E-state index is -0.802. The largest absolute Gasteiger partial charge is 0.326 e. The van der Waals surface area contributed by atoms with Gasteiger partial charge in [-0.3, -0.25) is 14.4 Å². The monoisotopic (exact) mass is 356 g/mol. The summed E-state index contributed by atoms with van der Waals surface area (Å²) in [4.78, 5) is 39.9. The first-order valence-corrected chi connectivity index (χ1v) is 8.28. The van der Waals surface area contributed by atoms with Crippen LogP contribution in [-0.2, 0) is 20.9 Å². The molecule has 0 aliphatic carbocycles. The summed E-state index contributed by atoms with van der Waals surface area (Å²) in [6, 6.07) is 15.1. The van der Waals surface area contributed by atoms with Crippen LogP contribution in [-0.4, -0.2) is 28.7 Å². The Morgan fingerprint density at radius 1 is 1.16 bits per heavy atom. The maximum atomic E-state index is 12.8. The van der Waals surface area contributed by atoms with Crippen LogP contribution in [0.25, 0.3) is 0 Å². The standard InChI is InChI=1S/C19H17ClN2O3/c1-13(23)21(12-14-6-3-2-4-7-14)17-11-18(24)22(19(17)25)16-9-5-8-15(20)10-16/h2-10,17H,11-12H2,1H3/t17-/m1/s1. The number of imide groups is 1. The summed E-state index contributed by atoms with van der Waals surface area (Å²) in [5.41, 5.74) is 1.33. The second kappa shape index (κ2) is 7.07. The molecule has 1 aliphatic rings. The molecule has 1 saturated heterocycles. The Morgan fingerprint density at radius 3 is 2.52 bits per heavy atom. The van der Waals surface area contributed by atoms with Crippen LogP contribution in [0.3, 0.4) is 0 Å². The molecule has 1 aliphatic heterocycles. The molecule has 0 spiro atoms. The van der Waals surface area contributed by atoms with Crippen LogP contribution in [0.1, 0.15) is 18.9 Å². The zero-order chi connectivity index (χ0) is 18.0. The summed E-state index contributed by atoms with van der Waals surface area (Å²) in [5.74, 6) is -0.988. The van der Waals surface area contributed by atoms with Crippen molar-refractivity contribution in [3.8, 4) is 0 Å². The van der Waals surface area contributed by atoms with Gasteiger partial charge in [0.2, 0.25) is 11.8 Å². The highest BCUT2D eigenvalue weighted by molar-refractivity contribution is 6.31. The van der Waals surface area contributed by atoms with E-state index in [0.717, 1.165) is 10.5 Å². The van der Waals surface area contributed by atoms with E-state index in [0.29, 0.717) is 10.7 Å². The Hall–Kier alpha value is -2.66. The second-order valence-corrected chi connectivity index (χ2v) is 6.34. The number of hydrogen-bond acceptors (Lipinski definition) is 3. The van der Waals surface area contributed by atoms with Crippen molar-refractivity contribution in [3.05, 3.63) is 65.2 Å². The number of amides is 3. The molecule has 128 valence electrons. The van der Waals surface area contributed by atoms with Crippen molar-refractivity contribution in [2.24, 2.45) is 0 Å². The number of anilines is 1. The predicted molar refractivity (Wildman–Crippen MR) is 95.0 cm³/mol. The molecule has 5 nitrogen and oxygen atoms in total. The molecule has 3 amide bonds. The Labute approximate surface area is 150 Å². The van der Waals surface area contributed by atoms with E-state index in [1.165, 1.54) is 11.8 Å². The molecule has 2 aromatic rings. The van der Waals surface area contributed by atoms with Crippen molar-refractivity contribution in [1.29, 1.82) is 0 Å². The van der Waals surface area contributed by atoms with Crippen molar-refractivity contribution in [2.45, 2.75) is 25.9 Å². The van der Waals surface area contributed by atoms with Crippen molar-refractivity contribution in [3.63, 3.8) is 0 Å². The lowest BCUT2D eigenvalue weighted by Crippen LogP contribution is -2.44. The molecule has 0 aromatic heterocycles. The minimum absolute atomic E-state index is 0.0300. The molecule has 1 heterocycles. The number of rotatable bonds is 4. The lowest BCUT2D eigenvalue weighted by atomic mass is 10.1. The molecule has 25 heavy (non-hydrogen) atoms. The second-order valence-electron chi connectivity index (χ2n) is 5.90. The first kappa shape index (κ1) is 17.2. The van der Waals surface area contributed by atoms with Gasteiger partial charge in [-0.15, -0.1) is 0 Å². The van der Waals surface area contributed by atoms with Gasteiger partial charge >= 0.3 is 0 Å². The van der Waals surface area contributed by atoms with Crippen molar-refractivity contribution < 1.29 is 14.4 Å². The molecule has 0 N–H and O–H groups in total. The van der Waals surface area contributed by atoms with Crippen LogP contribution in [0.2, 0.25) is 5.02 Å². The van der Waals surface area contributed by atoms with E-state index < -0.39 is 11.9 Å². The summed E-state index contributed by atoms with van der Waals surface area (Å²) in [7, 11) is 0. The quantitative estimate of drug-likeness (QED) is 0.791. The van der Waals surface area contributed by atoms with Gasteiger partial charge in [-0.1, -0.05) is 48.0 Å². The molecule has 1 atom stereocenters. The molecule has 0 radical (unpaired) electrons. The van der Waals surface area contributed by atoms with Crippen LogP contribution < -0.4 is 4.90 Å². The van der Waals surface area contributed by atoms with E-state index in [1.54, 1.807) is 24.3 Å². The molecule has 6 heteroatoms. The average Bonchev–Trinajstić information content (AvgIpc) is 2.87. The van der Waals surface area contributed by atoms with Gasteiger partial charge in [0.25, 0.3) is 5.91 Å². The van der Waals surface area contributed by atoms with Crippen molar-refractivity contribution in [1.82, 2.24) is 4.90 Å². The van der Waals surface area contributed by atoms with Gasteiger partial charge in [-0.25, -0.2) is 4.90 Å². The predicted octanol–water partition coefficient (Wildman–Crippen LogP) is 3.02. The zero-order valence-electron chi connectivity index (χ0n) is 13.7. The summed E-state index contributed by atoms with van der Waals surface area (Å²) in [6.07, 6.45) is -0.0300. The molecule has 0 saturated carbocycles. The Morgan fingerprint density at radius 2 is 1.88 bits per heavy atom. The highest BCUT2D eigenvalue weighted by atomic mass is 35.5. The smallest absolute Gasteiger partial charge is 0.257 e. The molecule has 1 fully saturated rings. The Balaban J connectivity index is 1.87. The number of carbonyl (C=O) groups excluding carboxylic acids is 3. The maximum Gasteiger partial charge on any atom is 0.257 e. The van der Waals surface area contributed by atoms with Gasteiger partial charge in [0.15, 0.2) is 0 Å². The fourth-order valence-electron chi connectivity index (χ4n) is 2.97. The van der Waals surface area contributed by atoms with Gasteiger partial charge in [-0.05, 0) is 23.8 Å². The molecule has 2 aromatic carbocycles. The third-order valence-corrected chi connectivity index (χ3v) is 4.40. The SMILES string of the molecule is CC(=O)N(Cc1ccccc1)[C@@H]1CC(=O)N(c2cccc(Cl)c2)C1=O. The minimum Gasteiger partial charge on any atom is -0.326 e. The zero-order valence-corrected chi connectivity index (χ0v) is 14.4. The van der Waals surface area contributed by atoms with Crippen LogP contribution >= 0.6 is 11.6 Å². The van der Waals surface area contributed by atoms with Gasteiger partial charge in [0, 0.05) is 18.5 Å². The number of hydrogen-bond donors (Lipinski definition) is 0. The van der Waals surface area contributed by atoms with E-state index >= 15 is 0 Å². The topological polar surface area (TPSA) is 57.7 Å². The Bertz CT molecular complexity index is 822. The van der Waals surface area contributed by atoms with E-state index in [9.17, 15) is 14.4 Å². The fraction of sp³-hybridized carbons (Fsp3) is 0.211. The normalized spacial score (nSPS) is 17.0. The first-order chi connectivity index (χ1) is 12.0. The number of halogens is 1. The molecule has 0 bridgehead atoms. The van der Waals surface area contributed by atoms with Crippen LogP contribution in [0, 0.1) is 0 Å². The number of benzene rings is 2. The summed E-state index contributed by atoms with van der Waals surface area (Å²) in [5, 5.41) is 0.439. The molecule has 3 rings (SSSR count). The number of carbonyl (C=O) groups is 3. The highest BCUT2D eigenvalue weighted by Crippen LogP contribution is 2.28. The average molecular weight is 357 g/mol. The van der Waals surface area contributed by atoms with Gasteiger partial charge in [0.05, 0.1) is 12.1 Å². The third-order valence-electron chi connectivity index (χ3n) is 4.17. The maximum absolute atomic E-state index is 12.8. The summed E-state index contributed by atoms with van der Waals surface area (Å²) >= 11 is 5.96. The van der Waals surface area contributed by atoms with Gasteiger partial charge in [0.1, 0.15) is 6.04 Å². The summed E-state index contributed by atoms with van der Waals surface area (Å²) in [6.45, 7) is 1.69. The number of nitrogens with zero attached hydrogens (tertiary/aromatic N) is 2. The van der Waals surface area contributed by atoms with Crippen LogP contribution in [0.5, 0.6) is 0 Å². The van der Waals surface area contributed by atoms with E-state index in [-0.39, 0.29) is 24.8 Å². The van der Waals surface area contributed by atoms with Gasteiger partial charge in [-0.2, -0.15) is 0 Å². The fourth-order valence-corrected chi connectivity index (χ4v) is 3.15. The lowest BCUT2D eigenvalue weighted by Gasteiger charge is -2.26. The van der Waals surface area contributed by atoms with E-state index in [1.807, 2.05) is 30.3 Å².